The fraction of sp³-hybridized carbons (Fsp3) is 0.360. The van der Waals surface area contributed by atoms with Crippen LogP contribution in [0.1, 0.15) is 36.6 Å². The Morgan fingerprint density at radius 2 is 1.87 bits per heavy atom. The molecule has 0 aromatic heterocycles. The van der Waals surface area contributed by atoms with E-state index in [4.69, 9.17) is 0 Å². The number of carbonyl (C=O) groups is 1. The minimum atomic E-state index is -0.328. The summed E-state index contributed by atoms with van der Waals surface area (Å²) in [5.74, 6) is -0.328. The molecule has 1 atom stereocenters. The van der Waals surface area contributed by atoms with Gasteiger partial charge < -0.3 is 15.1 Å². The Bertz CT molecular complexity index is 934. The van der Waals surface area contributed by atoms with Crippen molar-refractivity contribution in [3.05, 3.63) is 77.0 Å². The number of carbonyl (C=O) groups excluding carboxylic acids is 1. The summed E-state index contributed by atoms with van der Waals surface area (Å²) in [5, 5.41) is 12.5. The third-order valence-corrected chi connectivity index (χ3v) is 5.59. The molecular formula is C25H30N4O. The molecule has 30 heavy (non-hydrogen) atoms. The van der Waals surface area contributed by atoms with Crippen LogP contribution < -0.4 is 10.2 Å². The predicted molar refractivity (Wildman–Crippen MR) is 121 cm³/mol. The van der Waals surface area contributed by atoms with E-state index in [0.717, 1.165) is 38.2 Å². The molecule has 0 aliphatic carbocycles. The quantitative estimate of drug-likeness (QED) is 0.587. The van der Waals surface area contributed by atoms with E-state index in [0.29, 0.717) is 0 Å². The number of rotatable bonds is 6. The number of nitriles is 1. The highest BCUT2D eigenvalue weighted by Gasteiger charge is 2.19. The Morgan fingerprint density at radius 3 is 2.47 bits per heavy atom. The van der Waals surface area contributed by atoms with Gasteiger partial charge in [-0.15, -0.1) is 0 Å². The van der Waals surface area contributed by atoms with Gasteiger partial charge in [0.25, 0.3) is 5.91 Å². The average Bonchev–Trinajstić information content (AvgIpc) is 2.77. The summed E-state index contributed by atoms with van der Waals surface area (Å²) in [5.41, 5.74) is 4.91. The van der Waals surface area contributed by atoms with Gasteiger partial charge in [-0.3, -0.25) is 4.79 Å². The van der Waals surface area contributed by atoms with E-state index >= 15 is 0 Å². The van der Waals surface area contributed by atoms with E-state index in [9.17, 15) is 10.1 Å². The molecule has 5 heteroatoms. The molecule has 2 aromatic rings. The maximum absolute atomic E-state index is 12.6. The van der Waals surface area contributed by atoms with Crippen LogP contribution in [0.15, 0.2) is 60.3 Å². The van der Waals surface area contributed by atoms with Gasteiger partial charge in [0.2, 0.25) is 0 Å². The third-order valence-electron chi connectivity index (χ3n) is 5.59. The average molecular weight is 403 g/mol. The van der Waals surface area contributed by atoms with Gasteiger partial charge in [-0.1, -0.05) is 43.3 Å². The van der Waals surface area contributed by atoms with Crippen LogP contribution in [0.3, 0.4) is 0 Å². The van der Waals surface area contributed by atoms with Gasteiger partial charge in [0.05, 0.1) is 6.04 Å². The molecule has 0 bridgehead atoms. The Balaban J connectivity index is 1.58. The van der Waals surface area contributed by atoms with Crippen LogP contribution >= 0.6 is 0 Å². The second-order valence-corrected chi connectivity index (χ2v) is 7.81. The predicted octanol–water partition coefficient (Wildman–Crippen LogP) is 3.96. The molecule has 1 aliphatic rings. The van der Waals surface area contributed by atoms with Gasteiger partial charge in [-0.25, -0.2) is 0 Å². The van der Waals surface area contributed by atoms with Crippen molar-refractivity contribution >= 4 is 11.6 Å². The highest BCUT2D eigenvalue weighted by molar-refractivity contribution is 5.97. The molecule has 1 heterocycles. The van der Waals surface area contributed by atoms with Crippen LogP contribution in [-0.2, 0) is 11.2 Å². The maximum atomic E-state index is 12.6. The third kappa shape index (κ3) is 5.42. The Kier molecular flexibility index (Phi) is 7.13. The molecule has 1 unspecified atom stereocenters. The largest absolute Gasteiger partial charge is 0.373 e. The molecule has 5 nitrogen and oxygen atoms in total. The topological polar surface area (TPSA) is 59.4 Å². The lowest BCUT2D eigenvalue weighted by Crippen LogP contribution is -2.44. The molecule has 1 fully saturated rings. The number of piperazine rings is 1. The number of anilines is 1. The zero-order chi connectivity index (χ0) is 21.5. The summed E-state index contributed by atoms with van der Waals surface area (Å²) >= 11 is 0. The van der Waals surface area contributed by atoms with Gasteiger partial charge in [0, 0.05) is 38.1 Å². The molecule has 2 aromatic carbocycles. The van der Waals surface area contributed by atoms with E-state index < -0.39 is 0 Å². The van der Waals surface area contributed by atoms with Gasteiger partial charge in [-0.05, 0) is 49.1 Å². The van der Waals surface area contributed by atoms with Crippen LogP contribution in [0, 0.1) is 18.3 Å². The van der Waals surface area contributed by atoms with Crippen molar-refractivity contribution in [2.75, 3.05) is 31.1 Å². The molecule has 0 saturated carbocycles. The Morgan fingerprint density at radius 1 is 1.17 bits per heavy atom. The SMILES string of the molecule is CCc1ccc(C(C)NC(=O)/C(C#N)=C\N2CCN(c3cccc(C)c3)CC2)cc1. The Labute approximate surface area is 179 Å². The van der Waals surface area contributed by atoms with Crippen molar-refractivity contribution in [2.45, 2.75) is 33.2 Å². The van der Waals surface area contributed by atoms with Crippen molar-refractivity contribution in [1.82, 2.24) is 10.2 Å². The first kappa shape index (κ1) is 21.4. The number of amides is 1. The van der Waals surface area contributed by atoms with Crippen molar-refractivity contribution in [1.29, 1.82) is 5.26 Å². The molecule has 1 aliphatic heterocycles. The van der Waals surface area contributed by atoms with Crippen LogP contribution in [0.2, 0.25) is 0 Å². The molecule has 1 N–H and O–H groups in total. The molecule has 3 rings (SSSR count). The smallest absolute Gasteiger partial charge is 0.263 e. The maximum Gasteiger partial charge on any atom is 0.263 e. The first-order chi connectivity index (χ1) is 14.5. The standard InChI is InChI=1S/C25H30N4O/c1-4-21-8-10-22(11-9-21)20(3)27-25(30)23(17-26)18-28-12-14-29(15-13-28)24-7-5-6-19(2)16-24/h5-11,16,18,20H,4,12-15H2,1-3H3,(H,27,30)/b23-18-. The van der Waals surface area contributed by atoms with Gasteiger partial charge in [0.15, 0.2) is 0 Å². The van der Waals surface area contributed by atoms with Crippen LogP contribution in [-0.4, -0.2) is 37.0 Å². The minimum absolute atomic E-state index is 0.149. The summed E-state index contributed by atoms with van der Waals surface area (Å²) in [6.45, 7) is 9.43. The molecular weight excluding hydrogens is 372 g/mol. The summed E-state index contributed by atoms with van der Waals surface area (Å²) in [6, 6.07) is 18.6. The zero-order valence-electron chi connectivity index (χ0n) is 18.1. The zero-order valence-corrected chi connectivity index (χ0v) is 18.1. The number of hydrogen-bond acceptors (Lipinski definition) is 4. The Hall–Kier alpha value is -3.26. The number of nitrogens with one attached hydrogen (secondary N) is 1. The normalized spacial score (nSPS) is 15.5. The van der Waals surface area contributed by atoms with Crippen molar-refractivity contribution < 1.29 is 4.79 Å². The molecule has 1 amide bonds. The first-order valence-electron chi connectivity index (χ1n) is 10.6. The second kappa shape index (κ2) is 9.98. The van der Waals surface area contributed by atoms with Crippen molar-refractivity contribution in [3.63, 3.8) is 0 Å². The minimum Gasteiger partial charge on any atom is -0.373 e. The van der Waals surface area contributed by atoms with Gasteiger partial charge in [0.1, 0.15) is 11.6 Å². The molecule has 0 spiro atoms. The van der Waals surface area contributed by atoms with Crippen LogP contribution in [0.5, 0.6) is 0 Å². The summed E-state index contributed by atoms with van der Waals surface area (Å²) < 4.78 is 0. The van der Waals surface area contributed by atoms with Crippen molar-refractivity contribution in [3.8, 4) is 6.07 Å². The molecule has 1 saturated heterocycles. The van der Waals surface area contributed by atoms with E-state index in [1.165, 1.54) is 16.8 Å². The monoisotopic (exact) mass is 402 g/mol. The summed E-state index contributed by atoms with van der Waals surface area (Å²) in [7, 11) is 0. The van der Waals surface area contributed by atoms with E-state index in [1.54, 1.807) is 6.20 Å². The summed E-state index contributed by atoms with van der Waals surface area (Å²) in [4.78, 5) is 17.0. The van der Waals surface area contributed by atoms with Crippen LogP contribution in [0.25, 0.3) is 0 Å². The van der Waals surface area contributed by atoms with Crippen LogP contribution in [0.4, 0.5) is 5.69 Å². The fourth-order valence-corrected chi connectivity index (χ4v) is 3.65. The molecule has 156 valence electrons. The van der Waals surface area contributed by atoms with E-state index in [1.807, 2.05) is 19.1 Å². The van der Waals surface area contributed by atoms with Gasteiger partial charge in [-0.2, -0.15) is 5.26 Å². The van der Waals surface area contributed by atoms with Gasteiger partial charge >= 0.3 is 0 Å². The number of benzene rings is 2. The lowest BCUT2D eigenvalue weighted by molar-refractivity contribution is -0.117. The molecule has 0 radical (unpaired) electrons. The van der Waals surface area contributed by atoms with Crippen molar-refractivity contribution in [2.24, 2.45) is 0 Å². The highest BCUT2D eigenvalue weighted by Crippen LogP contribution is 2.19. The van der Waals surface area contributed by atoms with E-state index in [2.05, 4.69) is 71.4 Å². The number of aryl methyl sites for hydroxylation is 2. The lowest BCUT2D eigenvalue weighted by atomic mass is 10.0. The lowest BCUT2D eigenvalue weighted by Gasteiger charge is -2.35. The number of nitrogens with zero attached hydrogens (tertiary/aromatic N) is 3. The highest BCUT2D eigenvalue weighted by atomic mass is 16.1. The van der Waals surface area contributed by atoms with E-state index in [-0.39, 0.29) is 17.5 Å². The first-order valence-corrected chi connectivity index (χ1v) is 10.6. The number of hydrogen-bond donors (Lipinski definition) is 1. The summed E-state index contributed by atoms with van der Waals surface area (Å²) in [6.07, 6.45) is 2.69. The fourth-order valence-electron chi connectivity index (χ4n) is 3.65. The second-order valence-electron chi connectivity index (χ2n) is 7.81.